The van der Waals surface area contributed by atoms with Gasteiger partial charge in [-0.3, -0.25) is 13.9 Å². The Hall–Kier alpha value is -2.00. The van der Waals surface area contributed by atoms with E-state index in [4.69, 9.17) is 34.8 Å². The first kappa shape index (κ1) is 28.2. The summed E-state index contributed by atoms with van der Waals surface area (Å²) >= 11 is 18.3. The van der Waals surface area contributed by atoms with E-state index < -0.39 is 28.5 Å². The van der Waals surface area contributed by atoms with Crippen LogP contribution in [0.15, 0.2) is 42.5 Å². The van der Waals surface area contributed by atoms with Crippen LogP contribution >= 0.6 is 34.8 Å². The van der Waals surface area contributed by atoms with Crippen LogP contribution < -0.4 is 9.62 Å². The summed E-state index contributed by atoms with van der Waals surface area (Å²) in [7, 11) is -3.82. The van der Waals surface area contributed by atoms with Crippen molar-refractivity contribution in [1.29, 1.82) is 0 Å². The number of rotatable bonds is 10. The Kier molecular flexibility index (Phi) is 10.1. The van der Waals surface area contributed by atoms with Gasteiger partial charge in [-0.2, -0.15) is 0 Å². The van der Waals surface area contributed by atoms with E-state index in [0.717, 1.165) is 10.6 Å². The van der Waals surface area contributed by atoms with E-state index in [0.29, 0.717) is 27.1 Å². The van der Waals surface area contributed by atoms with E-state index in [-0.39, 0.29) is 24.2 Å². The fraction of sp³-hybridized carbons (Fsp3) is 0.391. The molecule has 0 aliphatic rings. The predicted molar refractivity (Wildman–Crippen MR) is 138 cm³/mol. The van der Waals surface area contributed by atoms with Crippen LogP contribution in [0.3, 0.4) is 0 Å². The zero-order valence-corrected chi connectivity index (χ0v) is 22.5. The Labute approximate surface area is 216 Å². The Morgan fingerprint density at radius 1 is 1.00 bits per heavy atom. The van der Waals surface area contributed by atoms with Gasteiger partial charge in [-0.05, 0) is 62.2 Å². The lowest BCUT2D eigenvalue weighted by Gasteiger charge is -2.33. The third-order valence-electron chi connectivity index (χ3n) is 4.97. The zero-order chi connectivity index (χ0) is 25.6. The molecule has 1 N–H and O–H groups in total. The number of benzene rings is 2. The van der Waals surface area contributed by atoms with Gasteiger partial charge in [0.25, 0.3) is 0 Å². The molecule has 1 unspecified atom stereocenters. The highest BCUT2D eigenvalue weighted by atomic mass is 35.5. The van der Waals surface area contributed by atoms with E-state index in [9.17, 15) is 18.0 Å². The number of amides is 2. The van der Waals surface area contributed by atoms with Crippen molar-refractivity contribution >= 4 is 62.3 Å². The smallest absolute Gasteiger partial charge is 0.244 e. The number of sulfonamides is 1. The van der Waals surface area contributed by atoms with Crippen LogP contribution in [0.4, 0.5) is 5.69 Å². The van der Waals surface area contributed by atoms with E-state index in [1.165, 1.54) is 29.2 Å². The van der Waals surface area contributed by atoms with Crippen molar-refractivity contribution in [2.24, 2.45) is 0 Å². The fourth-order valence-corrected chi connectivity index (χ4v) is 4.80. The van der Waals surface area contributed by atoms with Crippen molar-refractivity contribution in [2.75, 3.05) is 17.1 Å². The lowest BCUT2D eigenvalue weighted by Crippen LogP contribution is -2.53. The minimum Gasteiger partial charge on any atom is -0.352 e. The zero-order valence-electron chi connectivity index (χ0n) is 19.4. The highest BCUT2D eigenvalue weighted by Crippen LogP contribution is 2.25. The van der Waals surface area contributed by atoms with Crippen LogP contribution in [-0.2, 0) is 26.2 Å². The van der Waals surface area contributed by atoms with Crippen LogP contribution in [0.1, 0.15) is 32.8 Å². The molecule has 2 amide bonds. The van der Waals surface area contributed by atoms with E-state index in [1.54, 1.807) is 25.1 Å². The number of anilines is 1. The van der Waals surface area contributed by atoms with E-state index in [2.05, 4.69) is 5.32 Å². The molecule has 0 fully saturated rings. The standard InChI is InChI=1S/C23H28Cl3N3O4S/c1-5-21(23(31)27-15(2)3)28(13-16-6-7-18(25)12-20(16)26)22(30)14-29(34(4,32)33)19-10-8-17(24)9-11-19/h6-12,15,21H,5,13-14H2,1-4H3,(H,27,31). The van der Waals surface area contributed by atoms with Gasteiger partial charge in [0.2, 0.25) is 21.8 Å². The summed E-state index contributed by atoms with van der Waals surface area (Å²) in [5.74, 6) is -0.898. The fourth-order valence-electron chi connectivity index (χ4n) is 3.35. The summed E-state index contributed by atoms with van der Waals surface area (Å²) in [4.78, 5) is 27.9. The van der Waals surface area contributed by atoms with Crippen molar-refractivity contribution < 1.29 is 18.0 Å². The molecule has 11 heteroatoms. The van der Waals surface area contributed by atoms with E-state index >= 15 is 0 Å². The highest BCUT2D eigenvalue weighted by Gasteiger charge is 2.32. The van der Waals surface area contributed by atoms with Gasteiger partial charge in [-0.1, -0.05) is 47.8 Å². The lowest BCUT2D eigenvalue weighted by molar-refractivity contribution is -0.140. The largest absolute Gasteiger partial charge is 0.352 e. The average molecular weight is 549 g/mol. The molecule has 0 saturated heterocycles. The van der Waals surface area contributed by atoms with Gasteiger partial charge in [0.05, 0.1) is 11.9 Å². The Balaban J connectivity index is 2.46. The van der Waals surface area contributed by atoms with Gasteiger partial charge in [0.15, 0.2) is 0 Å². The van der Waals surface area contributed by atoms with Crippen LogP contribution in [0.25, 0.3) is 0 Å². The second-order valence-corrected chi connectivity index (χ2v) is 11.3. The molecule has 34 heavy (non-hydrogen) atoms. The number of nitrogens with one attached hydrogen (secondary N) is 1. The molecule has 1 atom stereocenters. The summed E-state index contributed by atoms with van der Waals surface area (Å²) in [6.07, 6.45) is 1.33. The summed E-state index contributed by atoms with van der Waals surface area (Å²) in [5, 5.41) is 4.02. The molecule has 2 aromatic carbocycles. The minimum atomic E-state index is -3.82. The SMILES string of the molecule is CCC(C(=O)NC(C)C)N(Cc1ccc(Cl)cc1Cl)C(=O)CN(c1ccc(Cl)cc1)S(C)(=O)=O. The molecule has 0 bridgehead atoms. The van der Waals surface area contributed by atoms with Gasteiger partial charge >= 0.3 is 0 Å². The first-order valence-corrected chi connectivity index (χ1v) is 13.6. The maximum absolute atomic E-state index is 13.6. The van der Waals surface area contributed by atoms with Crippen molar-refractivity contribution in [2.45, 2.75) is 45.8 Å². The highest BCUT2D eigenvalue weighted by molar-refractivity contribution is 7.92. The van der Waals surface area contributed by atoms with Gasteiger partial charge in [-0.25, -0.2) is 8.42 Å². The molecular formula is C23H28Cl3N3O4S. The van der Waals surface area contributed by atoms with Crippen LogP contribution in [-0.4, -0.2) is 50.0 Å². The topological polar surface area (TPSA) is 86.8 Å². The number of hydrogen-bond donors (Lipinski definition) is 1. The van der Waals surface area contributed by atoms with E-state index in [1.807, 2.05) is 13.8 Å². The number of halogens is 3. The van der Waals surface area contributed by atoms with Gasteiger partial charge in [0, 0.05) is 27.7 Å². The second-order valence-electron chi connectivity index (χ2n) is 8.09. The molecule has 0 radical (unpaired) electrons. The molecule has 0 spiro atoms. The summed E-state index contributed by atoms with van der Waals surface area (Å²) in [6, 6.07) is 9.98. The Morgan fingerprint density at radius 2 is 1.59 bits per heavy atom. The van der Waals surface area contributed by atoms with Crippen LogP contribution in [0.2, 0.25) is 15.1 Å². The number of carbonyl (C=O) groups is 2. The van der Waals surface area contributed by atoms with Crippen molar-refractivity contribution in [1.82, 2.24) is 10.2 Å². The second kappa shape index (κ2) is 12.1. The average Bonchev–Trinajstić information content (AvgIpc) is 2.72. The summed E-state index contributed by atoms with van der Waals surface area (Å²) in [5.41, 5.74) is 0.858. The monoisotopic (exact) mass is 547 g/mol. The first-order chi connectivity index (χ1) is 15.8. The Morgan fingerprint density at radius 3 is 2.09 bits per heavy atom. The van der Waals surface area contributed by atoms with Gasteiger partial charge in [-0.15, -0.1) is 0 Å². The van der Waals surface area contributed by atoms with Crippen LogP contribution in [0, 0.1) is 0 Å². The molecule has 0 aliphatic carbocycles. The third-order valence-corrected chi connectivity index (χ3v) is 6.95. The normalized spacial score (nSPS) is 12.4. The maximum Gasteiger partial charge on any atom is 0.244 e. The lowest BCUT2D eigenvalue weighted by atomic mass is 10.1. The minimum absolute atomic E-state index is 0.00290. The molecule has 2 aromatic rings. The molecule has 0 heterocycles. The van der Waals surface area contributed by atoms with Crippen LogP contribution in [0.5, 0.6) is 0 Å². The Bertz CT molecular complexity index is 1120. The quantitative estimate of drug-likeness (QED) is 0.464. The summed E-state index contributed by atoms with van der Waals surface area (Å²) < 4.78 is 26.1. The maximum atomic E-state index is 13.6. The van der Waals surface area contributed by atoms with Gasteiger partial charge < -0.3 is 10.2 Å². The summed E-state index contributed by atoms with van der Waals surface area (Å²) in [6.45, 7) is 4.91. The van der Waals surface area contributed by atoms with Crippen molar-refractivity contribution in [3.05, 3.63) is 63.1 Å². The van der Waals surface area contributed by atoms with Crippen molar-refractivity contribution in [3.8, 4) is 0 Å². The third kappa shape index (κ3) is 7.77. The number of hydrogen-bond acceptors (Lipinski definition) is 4. The molecule has 7 nitrogen and oxygen atoms in total. The van der Waals surface area contributed by atoms with Crippen molar-refractivity contribution in [3.63, 3.8) is 0 Å². The molecule has 0 saturated carbocycles. The molecule has 0 aliphatic heterocycles. The molecule has 2 rings (SSSR count). The van der Waals surface area contributed by atoms with Gasteiger partial charge in [0.1, 0.15) is 12.6 Å². The molecule has 186 valence electrons. The molecule has 0 aromatic heterocycles. The molecular weight excluding hydrogens is 521 g/mol. The number of nitrogens with zero attached hydrogens (tertiary/aromatic N) is 2. The number of carbonyl (C=O) groups excluding carboxylic acids is 2. The first-order valence-electron chi connectivity index (χ1n) is 10.6. The predicted octanol–water partition coefficient (Wildman–Crippen LogP) is 4.74.